The normalized spacial score (nSPS) is 11.1. The van der Waals surface area contributed by atoms with Gasteiger partial charge in [0.1, 0.15) is 17.5 Å². The van der Waals surface area contributed by atoms with Crippen molar-refractivity contribution in [1.82, 2.24) is 9.55 Å². The van der Waals surface area contributed by atoms with Crippen LogP contribution in [0, 0.1) is 11.6 Å². The molecule has 0 bridgehead atoms. The summed E-state index contributed by atoms with van der Waals surface area (Å²) < 4.78 is 28.2. The number of imidazole rings is 1. The lowest BCUT2D eigenvalue weighted by Gasteiger charge is -2.11. The molecule has 0 radical (unpaired) electrons. The minimum absolute atomic E-state index is 0.182. The van der Waals surface area contributed by atoms with Crippen LogP contribution in [0.5, 0.6) is 0 Å². The zero-order valence-electron chi connectivity index (χ0n) is 9.11. The fourth-order valence-corrected chi connectivity index (χ4v) is 1.61. The Morgan fingerprint density at radius 2 is 2.00 bits per heavy atom. The minimum Gasteiger partial charge on any atom is -0.328 e. The third-order valence-electron chi connectivity index (χ3n) is 2.40. The Hall–Kier alpha value is -1.71. The SMILES string of the molecule is CC(C)n1ccnc1-c1ccc(F)cc1F. The fraction of sp³-hybridized carbons (Fsp3) is 0.250. The van der Waals surface area contributed by atoms with Crippen molar-refractivity contribution in [3.05, 3.63) is 42.2 Å². The standard InChI is InChI=1S/C12H12F2N2/c1-8(2)16-6-5-15-12(16)10-4-3-9(13)7-11(10)14/h3-8H,1-2H3. The molecule has 0 amide bonds. The van der Waals surface area contributed by atoms with Crippen LogP contribution in [0.1, 0.15) is 19.9 Å². The molecule has 0 fully saturated rings. The van der Waals surface area contributed by atoms with Crippen LogP contribution in [0.2, 0.25) is 0 Å². The molecule has 0 spiro atoms. The summed E-state index contributed by atoms with van der Waals surface area (Å²) in [6.07, 6.45) is 3.39. The highest BCUT2D eigenvalue weighted by atomic mass is 19.1. The smallest absolute Gasteiger partial charge is 0.143 e. The Bertz CT molecular complexity index is 503. The first-order valence-electron chi connectivity index (χ1n) is 5.08. The molecule has 84 valence electrons. The van der Waals surface area contributed by atoms with E-state index in [1.54, 1.807) is 12.4 Å². The maximum Gasteiger partial charge on any atom is 0.143 e. The summed E-state index contributed by atoms with van der Waals surface area (Å²) >= 11 is 0. The number of halogens is 2. The number of aromatic nitrogens is 2. The van der Waals surface area contributed by atoms with Crippen LogP contribution >= 0.6 is 0 Å². The summed E-state index contributed by atoms with van der Waals surface area (Å²) in [6.45, 7) is 3.96. The predicted octanol–water partition coefficient (Wildman–Crippen LogP) is 3.41. The van der Waals surface area contributed by atoms with Crippen molar-refractivity contribution in [2.24, 2.45) is 0 Å². The Kier molecular flexibility index (Phi) is 2.73. The number of benzene rings is 1. The van der Waals surface area contributed by atoms with E-state index in [1.165, 1.54) is 12.1 Å². The fourth-order valence-electron chi connectivity index (χ4n) is 1.61. The second kappa shape index (κ2) is 4.04. The van der Waals surface area contributed by atoms with Gasteiger partial charge in [-0.3, -0.25) is 0 Å². The van der Waals surface area contributed by atoms with Gasteiger partial charge in [0, 0.05) is 24.5 Å². The molecule has 1 aromatic heterocycles. The molecule has 4 heteroatoms. The summed E-state index contributed by atoms with van der Waals surface area (Å²) in [7, 11) is 0. The van der Waals surface area contributed by atoms with Gasteiger partial charge in [0.15, 0.2) is 0 Å². The lowest BCUT2D eigenvalue weighted by Crippen LogP contribution is -2.03. The third kappa shape index (κ3) is 1.83. The Morgan fingerprint density at radius 1 is 1.25 bits per heavy atom. The average molecular weight is 222 g/mol. The molecule has 0 saturated carbocycles. The van der Waals surface area contributed by atoms with E-state index in [2.05, 4.69) is 4.98 Å². The molecule has 0 N–H and O–H groups in total. The van der Waals surface area contributed by atoms with Gasteiger partial charge < -0.3 is 4.57 Å². The van der Waals surface area contributed by atoms with Crippen molar-refractivity contribution in [2.75, 3.05) is 0 Å². The molecule has 0 aliphatic heterocycles. The number of rotatable bonds is 2. The first kappa shape index (κ1) is 10.8. The molecule has 0 unspecified atom stereocenters. The summed E-state index contributed by atoms with van der Waals surface area (Å²) in [4.78, 5) is 4.10. The highest BCUT2D eigenvalue weighted by molar-refractivity contribution is 5.56. The topological polar surface area (TPSA) is 17.8 Å². The van der Waals surface area contributed by atoms with E-state index in [1.807, 2.05) is 18.4 Å². The molecule has 1 aromatic carbocycles. The van der Waals surface area contributed by atoms with E-state index in [0.29, 0.717) is 11.4 Å². The van der Waals surface area contributed by atoms with Crippen LogP contribution in [0.3, 0.4) is 0 Å². The first-order chi connectivity index (χ1) is 7.59. The van der Waals surface area contributed by atoms with Crippen molar-refractivity contribution in [1.29, 1.82) is 0 Å². The van der Waals surface area contributed by atoms with Crippen LogP contribution in [0.4, 0.5) is 8.78 Å². The van der Waals surface area contributed by atoms with Gasteiger partial charge in [-0.1, -0.05) is 0 Å². The van der Waals surface area contributed by atoms with Crippen LogP contribution < -0.4 is 0 Å². The third-order valence-corrected chi connectivity index (χ3v) is 2.40. The monoisotopic (exact) mass is 222 g/mol. The van der Waals surface area contributed by atoms with Gasteiger partial charge in [0.2, 0.25) is 0 Å². The lowest BCUT2D eigenvalue weighted by molar-refractivity contribution is 0.577. The Labute approximate surface area is 92.6 Å². The Morgan fingerprint density at radius 3 is 2.62 bits per heavy atom. The maximum absolute atomic E-state index is 13.6. The summed E-state index contributed by atoms with van der Waals surface area (Å²) in [5.41, 5.74) is 0.320. The van der Waals surface area contributed by atoms with E-state index in [0.717, 1.165) is 6.07 Å². The molecular weight excluding hydrogens is 210 g/mol. The number of nitrogens with zero attached hydrogens (tertiary/aromatic N) is 2. The van der Waals surface area contributed by atoms with Crippen LogP contribution in [0.15, 0.2) is 30.6 Å². The van der Waals surface area contributed by atoms with Crippen LogP contribution in [-0.4, -0.2) is 9.55 Å². The largest absolute Gasteiger partial charge is 0.328 e. The van der Waals surface area contributed by atoms with Crippen LogP contribution in [0.25, 0.3) is 11.4 Å². The maximum atomic E-state index is 13.6. The summed E-state index contributed by atoms with van der Waals surface area (Å²) in [5, 5.41) is 0. The van der Waals surface area contributed by atoms with Gasteiger partial charge in [0.05, 0.1) is 5.56 Å². The summed E-state index contributed by atoms with van der Waals surface area (Å²) in [5.74, 6) is -0.649. The van der Waals surface area contributed by atoms with E-state index in [-0.39, 0.29) is 6.04 Å². The zero-order chi connectivity index (χ0) is 11.7. The van der Waals surface area contributed by atoms with Crippen molar-refractivity contribution < 1.29 is 8.78 Å². The molecule has 2 rings (SSSR count). The quantitative estimate of drug-likeness (QED) is 0.761. The van der Waals surface area contributed by atoms with E-state index in [4.69, 9.17) is 0 Å². The van der Waals surface area contributed by atoms with E-state index < -0.39 is 11.6 Å². The van der Waals surface area contributed by atoms with Crippen molar-refractivity contribution >= 4 is 0 Å². The predicted molar refractivity (Wildman–Crippen MR) is 58.0 cm³/mol. The van der Waals surface area contributed by atoms with Crippen molar-refractivity contribution in [3.8, 4) is 11.4 Å². The molecular formula is C12H12F2N2. The van der Waals surface area contributed by atoms with Gasteiger partial charge in [-0.15, -0.1) is 0 Å². The molecule has 0 aliphatic rings. The van der Waals surface area contributed by atoms with Crippen molar-refractivity contribution in [3.63, 3.8) is 0 Å². The molecule has 16 heavy (non-hydrogen) atoms. The van der Waals surface area contributed by atoms with Crippen LogP contribution in [-0.2, 0) is 0 Å². The van der Waals surface area contributed by atoms with Gasteiger partial charge in [0.25, 0.3) is 0 Å². The highest BCUT2D eigenvalue weighted by Crippen LogP contribution is 2.24. The lowest BCUT2D eigenvalue weighted by atomic mass is 10.2. The number of hydrogen-bond acceptors (Lipinski definition) is 1. The van der Waals surface area contributed by atoms with E-state index in [9.17, 15) is 8.78 Å². The number of hydrogen-bond donors (Lipinski definition) is 0. The van der Waals surface area contributed by atoms with Gasteiger partial charge in [-0.05, 0) is 26.0 Å². The van der Waals surface area contributed by atoms with Gasteiger partial charge >= 0.3 is 0 Å². The van der Waals surface area contributed by atoms with E-state index >= 15 is 0 Å². The van der Waals surface area contributed by atoms with Gasteiger partial charge in [-0.2, -0.15) is 0 Å². The molecule has 1 heterocycles. The molecule has 2 aromatic rings. The van der Waals surface area contributed by atoms with Gasteiger partial charge in [-0.25, -0.2) is 13.8 Å². The molecule has 2 nitrogen and oxygen atoms in total. The second-order valence-corrected chi connectivity index (χ2v) is 3.88. The molecule has 0 atom stereocenters. The second-order valence-electron chi connectivity index (χ2n) is 3.88. The Balaban J connectivity index is 2.54. The highest BCUT2D eigenvalue weighted by Gasteiger charge is 2.13. The summed E-state index contributed by atoms with van der Waals surface area (Å²) in [6, 6.07) is 3.69. The molecule has 0 saturated heterocycles. The molecule has 0 aliphatic carbocycles. The minimum atomic E-state index is -0.590. The zero-order valence-corrected chi connectivity index (χ0v) is 9.11. The first-order valence-corrected chi connectivity index (χ1v) is 5.08. The van der Waals surface area contributed by atoms with Crippen molar-refractivity contribution in [2.45, 2.75) is 19.9 Å². The average Bonchev–Trinajstić information content (AvgIpc) is 2.66.